The summed E-state index contributed by atoms with van der Waals surface area (Å²) in [5.74, 6) is -0.0851. The Morgan fingerprint density at radius 2 is 1.62 bits per heavy atom. The lowest BCUT2D eigenvalue weighted by molar-refractivity contribution is -0.216. The molecule has 0 aromatic heterocycles. The van der Waals surface area contributed by atoms with Crippen LogP contribution in [0.5, 0.6) is 0 Å². The number of hydroxylamine groups is 2. The molecule has 0 saturated carbocycles. The molecule has 4 heteroatoms. The Kier molecular flexibility index (Phi) is 8.26. The summed E-state index contributed by atoms with van der Waals surface area (Å²) < 4.78 is 5.94. The molecular formula is C20H31NO3. The van der Waals surface area contributed by atoms with Crippen molar-refractivity contribution in [3.05, 3.63) is 35.4 Å². The highest BCUT2D eigenvalue weighted by molar-refractivity contribution is 5.98. The average molecular weight is 333 g/mol. The van der Waals surface area contributed by atoms with E-state index in [1.165, 1.54) is 30.7 Å². The van der Waals surface area contributed by atoms with E-state index in [9.17, 15) is 4.79 Å². The average Bonchev–Trinajstić information content (AvgIpc) is 2.87. The summed E-state index contributed by atoms with van der Waals surface area (Å²) in [6.45, 7) is 5.56. The van der Waals surface area contributed by atoms with Gasteiger partial charge in [-0.25, -0.2) is 0 Å². The lowest BCUT2D eigenvalue weighted by Crippen LogP contribution is -2.30. The Morgan fingerprint density at radius 3 is 2.42 bits per heavy atom. The van der Waals surface area contributed by atoms with E-state index in [1.54, 1.807) is 0 Å². The SMILES string of the molecule is CCCCCCCCON1C(=O)c2ccccc2C1OCCCC. The molecular weight excluding hydrogens is 302 g/mol. The van der Waals surface area contributed by atoms with Crippen molar-refractivity contribution in [2.24, 2.45) is 0 Å². The van der Waals surface area contributed by atoms with Crippen molar-refractivity contribution in [3.8, 4) is 0 Å². The monoisotopic (exact) mass is 333 g/mol. The van der Waals surface area contributed by atoms with E-state index in [2.05, 4.69) is 13.8 Å². The van der Waals surface area contributed by atoms with Gasteiger partial charge in [0, 0.05) is 17.7 Å². The van der Waals surface area contributed by atoms with E-state index in [4.69, 9.17) is 9.57 Å². The van der Waals surface area contributed by atoms with Crippen molar-refractivity contribution in [1.29, 1.82) is 0 Å². The summed E-state index contributed by atoms with van der Waals surface area (Å²) in [5, 5.41) is 1.44. The van der Waals surface area contributed by atoms with Gasteiger partial charge in [0.05, 0.1) is 6.61 Å². The molecule has 0 aliphatic carbocycles. The predicted octanol–water partition coefficient (Wildman–Crippen LogP) is 5.25. The van der Waals surface area contributed by atoms with Crippen LogP contribution < -0.4 is 0 Å². The van der Waals surface area contributed by atoms with E-state index in [0.717, 1.165) is 31.2 Å². The van der Waals surface area contributed by atoms with Crippen molar-refractivity contribution in [1.82, 2.24) is 5.06 Å². The molecule has 1 aliphatic rings. The Morgan fingerprint density at radius 1 is 0.917 bits per heavy atom. The minimum Gasteiger partial charge on any atom is -0.352 e. The van der Waals surface area contributed by atoms with Crippen molar-refractivity contribution in [2.75, 3.05) is 13.2 Å². The second kappa shape index (κ2) is 10.5. The summed E-state index contributed by atoms with van der Waals surface area (Å²) in [4.78, 5) is 18.4. The molecule has 1 aromatic rings. The predicted molar refractivity (Wildman–Crippen MR) is 95.5 cm³/mol. The van der Waals surface area contributed by atoms with Crippen LogP contribution in [0.15, 0.2) is 24.3 Å². The van der Waals surface area contributed by atoms with Crippen LogP contribution >= 0.6 is 0 Å². The number of amides is 1. The Bertz CT molecular complexity index is 503. The molecule has 0 saturated heterocycles. The third-order valence-corrected chi connectivity index (χ3v) is 4.37. The number of carbonyl (C=O) groups is 1. The van der Waals surface area contributed by atoms with Crippen molar-refractivity contribution >= 4 is 5.91 Å². The number of unbranched alkanes of at least 4 members (excludes halogenated alkanes) is 6. The lowest BCUT2D eigenvalue weighted by Gasteiger charge is -2.24. The smallest absolute Gasteiger partial charge is 0.280 e. The maximum Gasteiger partial charge on any atom is 0.280 e. The fraction of sp³-hybridized carbons (Fsp3) is 0.650. The van der Waals surface area contributed by atoms with Gasteiger partial charge in [-0.1, -0.05) is 70.6 Å². The second-order valence-corrected chi connectivity index (χ2v) is 6.40. The van der Waals surface area contributed by atoms with Crippen LogP contribution in [0.3, 0.4) is 0 Å². The van der Waals surface area contributed by atoms with Gasteiger partial charge in [-0.2, -0.15) is 5.06 Å². The number of carbonyl (C=O) groups excluding carboxylic acids is 1. The molecule has 1 amide bonds. The minimum atomic E-state index is -0.402. The summed E-state index contributed by atoms with van der Waals surface area (Å²) in [7, 11) is 0. The van der Waals surface area contributed by atoms with Gasteiger partial charge < -0.3 is 4.74 Å². The lowest BCUT2D eigenvalue weighted by atomic mass is 10.1. The molecule has 1 atom stereocenters. The fourth-order valence-electron chi connectivity index (χ4n) is 2.93. The number of hydrogen-bond acceptors (Lipinski definition) is 3. The van der Waals surface area contributed by atoms with Crippen molar-refractivity contribution in [3.63, 3.8) is 0 Å². The molecule has 0 bridgehead atoms. The zero-order chi connectivity index (χ0) is 17.2. The Hall–Kier alpha value is -1.39. The van der Waals surface area contributed by atoms with Crippen molar-refractivity contribution in [2.45, 2.75) is 71.4 Å². The van der Waals surface area contributed by atoms with E-state index in [-0.39, 0.29) is 5.91 Å². The van der Waals surface area contributed by atoms with E-state index in [0.29, 0.717) is 18.8 Å². The maximum absolute atomic E-state index is 12.6. The summed E-state index contributed by atoms with van der Waals surface area (Å²) >= 11 is 0. The zero-order valence-corrected chi connectivity index (χ0v) is 15.1. The summed E-state index contributed by atoms with van der Waals surface area (Å²) in [6, 6.07) is 7.64. The molecule has 2 rings (SSSR count). The molecule has 0 fully saturated rings. The molecule has 134 valence electrons. The van der Waals surface area contributed by atoms with Crippen molar-refractivity contribution < 1.29 is 14.4 Å². The Balaban J connectivity index is 1.86. The van der Waals surface area contributed by atoms with E-state index < -0.39 is 6.23 Å². The van der Waals surface area contributed by atoms with Gasteiger partial charge in [-0.3, -0.25) is 9.63 Å². The number of rotatable bonds is 12. The molecule has 1 aromatic carbocycles. The van der Waals surface area contributed by atoms with Gasteiger partial charge in [0.2, 0.25) is 0 Å². The van der Waals surface area contributed by atoms with Crippen LogP contribution in [0.4, 0.5) is 0 Å². The summed E-state index contributed by atoms with van der Waals surface area (Å²) in [5.41, 5.74) is 1.61. The highest BCUT2D eigenvalue weighted by Gasteiger charge is 2.38. The third-order valence-electron chi connectivity index (χ3n) is 4.37. The topological polar surface area (TPSA) is 38.8 Å². The first kappa shape index (κ1) is 18.9. The second-order valence-electron chi connectivity index (χ2n) is 6.40. The van der Waals surface area contributed by atoms with Gasteiger partial charge >= 0.3 is 0 Å². The first-order chi connectivity index (χ1) is 11.8. The normalized spacial score (nSPS) is 16.7. The van der Waals surface area contributed by atoms with Crippen LogP contribution in [0.25, 0.3) is 0 Å². The molecule has 0 spiro atoms. The first-order valence-electron chi connectivity index (χ1n) is 9.46. The number of ether oxygens (including phenoxy) is 1. The number of hydrogen-bond donors (Lipinski definition) is 0. The molecule has 0 radical (unpaired) electrons. The molecule has 4 nitrogen and oxygen atoms in total. The molecule has 24 heavy (non-hydrogen) atoms. The van der Waals surface area contributed by atoms with Crippen LogP contribution in [0, 0.1) is 0 Å². The number of nitrogens with zero attached hydrogens (tertiary/aromatic N) is 1. The standard InChI is InChI=1S/C20H31NO3/c1-3-5-7-8-9-12-16-24-21-19(22)17-13-10-11-14-18(17)20(21)23-15-6-4-2/h10-11,13-14,20H,3-9,12,15-16H2,1-2H3. The van der Waals surface area contributed by atoms with Crippen LogP contribution in [0.2, 0.25) is 0 Å². The van der Waals surface area contributed by atoms with Crippen LogP contribution in [0.1, 0.15) is 87.4 Å². The number of benzene rings is 1. The van der Waals surface area contributed by atoms with Crippen LogP contribution in [-0.2, 0) is 9.57 Å². The maximum atomic E-state index is 12.6. The third kappa shape index (κ3) is 5.05. The van der Waals surface area contributed by atoms with Gasteiger partial charge in [0.25, 0.3) is 5.91 Å². The fourth-order valence-corrected chi connectivity index (χ4v) is 2.93. The molecule has 1 aliphatic heterocycles. The quantitative estimate of drug-likeness (QED) is 0.490. The first-order valence-corrected chi connectivity index (χ1v) is 9.46. The highest BCUT2D eigenvalue weighted by atomic mass is 16.7. The molecule has 1 unspecified atom stereocenters. The van der Waals surface area contributed by atoms with E-state index in [1.807, 2.05) is 24.3 Å². The largest absolute Gasteiger partial charge is 0.352 e. The zero-order valence-electron chi connectivity index (χ0n) is 15.1. The summed E-state index contributed by atoms with van der Waals surface area (Å²) in [6.07, 6.45) is 8.86. The van der Waals surface area contributed by atoms with E-state index >= 15 is 0 Å². The highest BCUT2D eigenvalue weighted by Crippen LogP contribution is 2.34. The van der Waals surface area contributed by atoms with Gasteiger partial charge in [-0.15, -0.1) is 0 Å². The molecule has 0 N–H and O–H groups in total. The van der Waals surface area contributed by atoms with Gasteiger partial charge in [0.15, 0.2) is 6.23 Å². The minimum absolute atomic E-state index is 0.0851. The number of fused-ring (bicyclic) bond motifs is 1. The van der Waals surface area contributed by atoms with Gasteiger partial charge in [-0.05, 0) is 18.9 Å². The van der Waals surface area contributed by atoms with Crippen LogP contribution in [-0.4, -0.2) is 24.2 Å². The Labute approximate surface area is 146 Å². The molecule has 1 heterocycles. The van der Waals surface area contributed by atoms with Gasteiger partial charge in [0.1, 0.15) is 0 Å².